The molecule has 1 heterocycles. The first-order valence-corrected chi connectivity index (χ1v) is 6.97. The van der Waals surface area contributed by atoms with Crippen LogP contribution in [0.2, 0.25) is 0 Å². The SMILES string of the molecule is CC(=NNC(=O)C(C)Sc1ncccn1)C(C)(C)C. The highest BCUT2D eigenvalue weighted by atomic mass is 32.2. The summed E-state index contributed by atoms with van der Waals surface area (Å²) in [5, 5.41) is 4.41. The topological polar surface area (TPSA) is 67.2 Å². The highest BCUT2D eigenvalue weighted by Crippen LogP contribution is 2.18. The number of amides is 1. The molecule has 19 heavy (non-hydrogen) atoms. The molecule has 0 aliphatic rings. The number of hydrogen-bond donors (Lipinski definition) is 1. The Labute approximate surface area is 118 Å². The molecular formula is C13H20N4OS. The van der Waals surface area contributed by atoms with Gasteiger partial charge in [0.25, 0.3) is 5.91 Å². The zero-order valence-corrected chi connectivity index (χ0v) is 12.8. The number of nitrogens with zero attached hydrogens (tertiary/aromatic N) is 3. The van der Waals surface area contributed by atoms with E-state index in [-0.39, 0.29) is 16.6 Å². The fourth-order valence-corrected chi connectivity index (χ4v) is 1.67. The van der Waals surface area contributed by atoms with Gasteiger partial charge in [0.1, 0.15) is 0 Å². The van der Waals surface area contributed by atoms with Gasteiger partial charge in [-0.05, 0) is 19.9 Å². The van der Waals surface area contributed by atoms with Gasteiger partial charge in [-0.25, -0.2) is 15.4 Å². The number of thioether (sulfide) groups is 1. The van der Waals surface area contributed by atoms with Gasteiger partial charge < -0.3 is 0 Å². The minimum atomic E-state index is -0.293. The second-order valence-corrected chi connectivity index (χ2v) is 6.52. The molecule has 1 N–H and O–H groups in total. The van der Waals surface area contributed by atoms with Crippen LogP contribution in [0.1, 0.15) is 34.6 Å². The number of carbonyl (C=O) groups is 1. The lowest BCUT2D eigenvalue weighted by Gasteiger charge is -2.18. The first-order valence-electron chi connectivity index (χ1n) is 6.09. The van der Waals surface area contributed by atoms with Crippen LogP contribution in [0.15, 0.2) is 28.7 Å². The molecule has 0 saturated heterocycles. The zero-order valence-electron chi connectivity index (χ0n) is 12.0. The summed E-state index contributed by atoms with van der Waals surface area (Å²) in [6.45, 7) is 9.85. The number of aromatic nitrogens is 2. The van der Waals surface area contributed by atoms with Gasteiger partial charge in [0.05, 0.1) is 5.25 Å². The van der Waals surface area contributed by atoms with Crippen LogP contribution in [0.3, 0.4) is 0 Å². The average Bonchev–Trinajstić information content (AvgIpc) is 2.35. The van der Waals surface area contributed by atoms with Crippen molar-refractivity contribution >= 4 is 23.4 Å². The number of carbonyl (C=O) groups excluding carboxylic acids is 1. The first-order chi connectivity index (χ1) is 8.80. The molecule has 0 fully saturated rings. The molecule has 0 aromatic carbocycles. The van der Waals surface area contributed by atoms with Crippen LogP contribution in [0.4, 0.5) is 0 Å². The van der Waals surface area contributed by atoms with Crippen LogP contribution >= 0.6 is 11.8 Å². The van der Waals surface area contributed by atoms with Gasteiger partial charge in [-0.3, -0.25) is 4.79 Å². The Kier molecular flexibility index (Phi) is 5.47. The molecule has 1 aromatic rings. The van der Waals surface area contributed by atoms with Crippen molar-refractivity contribution in [1.82, 2.24) is 15.4 Å². The molecular weight excluding hydrogens is 260 g/mol. The van der Waals surface area contributed by atoms with E-state index < -0.39 is 0 Å². The highest BCUT2D eigenvalue weighted by Gasteiger charge is 2.17. The molecule has 1 atom stereocenters. The van der Waals surface area contributed by atoms with Crippen molar-refractivity contribution in [2.75, 3.05) is 0 Å². The summed E-state index contributed by atoms with van der Waals surface area (Å²) in [4.78, 5) is 20.0. The van der Waals surface area contributed by atoms with E-state index in [9.17, 15) is 4.79 Å². The third-order valence-electron chi connectivity index (χ3n) is 2.61. The van der Waals surface area contributed by atoms with Crippen LogP contribution in [-0.4, -0.2) is 26.8 Å². The lowest BCUT2D eigenvalue weighted by atomic mass is 9.91. The maximum atomic E-state index is 11.9. The number of nitrogens with one attached hydrogen (secondary N) is 1. The van der Waals surface area contributed by atoms with Crippen LogP contribution in [0.5, 0.6) is 0 Å². The van der Waals surface area contributed by atoms with Gasteiger partial charge in [0.2, 0.25) is 0 Å². The normalized spacial score (nSPS) is 14.1. The Hall–Kier alpha value is -1.43. The van der Waals surface area contributed by atoms with E-state index in [1.165, 1.54) is 11.8 Å². The Morgan fingerprint density at radius 3 is 2.47 bits per heavy atom. The quantitative estimate of drug-likeness (QED) is 0.398. The van der Waals surface area contributed by atoms with Gasteiger partial charge >= 0.3 is 0 Å². The molecule has 1 rings (SSSR count). The van der Waals surface area contributed by atoms with E-state index in [1.54, 1.807) is 25.4 Å². The molecule has 0 aliphatic heterocycles. The van der Waals surface area contributed by atoms with Crippen molar-refractivity contribution in [3.63, 3.8) is 0 Å². The van der Waals surface area contributed by atoms with Crippen molar-refractivity contribution in [2.45, 2.75) is 45.0 Å². The first kappa shape index (κ1) is 15.6. The van der Waals surface area contributed by atoms with Gasteiger partial charge in [-0.1, -0.05) is 32.5 Å². The van der Waals surface area contributed by atoms with E-state index in [4.69, 9.17) is 0 Å². The van der Waals surface area contributed by atoms with Gasteiger partial charge in [0.15, 0.2) is 5.16 Å². The standard InChI is InChI=1S/C13H20N4OS/c1-9(19-12-14-7-6-8-15-12)11(18)17-16-10(2)13(3,4)5/h6-9H,1-5H3,(H,17,18). The Morgan fingerprint density at radius 1 is 1.37 bits per heavy atom. The van der Waals surface area contributed by atoms with Gasteiger partial charge in [-0.2, -0.15) is 5.10 Å². The van der Waals surface area contributed by atoms with Crippen LogP contribution in [0.25, 0.3) is 0 Å². The molecule has 1 unspecified atom stereocenters. The summed E-state index contributed by atoms with van der Waals surface area (Å²) in [5.74, 6) is -0.152. The smallest absolute Gasteiger partial charge is 0.253 e. The third-order valence-corrected chi connectivity index (χ3v) is 3.60. The summed E-state index contributed by atoms with van der Waals surface area (Å²) >= 11 is 1.31. The summed E-state index contributed by atoms with van der Waals surface area (Å²) in [7, 11) is 0. The van der Waals surface area contributed by atoms with Crippen LogP contribution in [-0.2, 0) is 4.79 Å². The predicted octanol–water partition coefficient (Wildman–Crippen LogP) is 2.50. The van der Waals surface area contributed by atoms with Crippen molar-refractivity contribution in [1.29, 1.82) is 0 Å². The monoisotopic (exact) mass is 280 g/mol. The Balaban J connectivity index is 2.55. The molecule has 0 spiro atoms. The molecule has 0 aliphatic carbocycles. The summed E-state index contributed by atoms with van der Waals surface area (Å²) in [5.41, 5.74) is 3.42. The third kappa shape index (κ3) is 5.38. The molecule has 0 saturated carbocycles. The summed E-state index contributed by atoms with van der Waals surface area (Å²) in [6.07, 6.45) is 3.31. The van der Waals surface area contributed by atoms with Crippen LogP contribution < -0.4 is 5.43 Å². The van der Waals surface area contributed by atoms with E-state index in [2.05, 4.69) is 20.5 Å². The zero-order chi connectivity index (χ0) is 14.5. The maximum Gasteiger partial charge on any atom is 0.253 e. The molecule has 104 valence electrons. The predicted molar refractivity (Wildman–Crippen MR) is 78.1 cm³/mol. The van der Waals surface area contributed by atoms with Gasteiger partial charge in [0, 0.05) is 23.5 Å². The average molecular weight is 280 g/mol. The van der Waals surface area contributed by atoms with E-state index in [0.29, 0.717) is 5.16 Å². The lowest BCUT2D eigenvalue weighted by Crippen LogP contribution is -2.30. The number of hydrogen-bond acceptors (Lipinski definition) is 5. The van der Waals surface area contributed by atoms with Crippen LogP contribution in [0, 0.1) is 5.41 Å². The fraction of sp³-hybridized carbons (Fsp3) is 0.538. The van der Waals surface area contributed by atoms with E-state index in [0.717, 1.165) is 5.71 Å². The van der Waals surface area contributed by atoms with E-state index >= 15 is 0 Å². The van der Waals surface area contributed by atoms with Crippen molar-refractivity contribution < 1.29 is 4.79 Å². The molecule has 0 radical (unpaired) electrons. The van der Waals surface area contributed by atoms with Crippen molar-refractivity contribution in [2.24, 2.45) is 10.5 Å². The molecule has 0 bridgehead atoms. The number of rotatable bonds is 4. The molecule has 1 aromatic heterocycles. The Morgan fingerprint density at radius 2 is 1.95 bits per heavy atom. The second kappa shape index (κ2) is 6.65. The molecule has 6 heteroatoms. The maximum absolute atomic E-state index is 11.9. The molecule has 1 amide bonds. The number of hydrazone groups is 1. The van der Waals surface area contributed by atoms with Gasteiger partial charge in [-0.15, -0.1) is 0 Å². The lowest BCUT2D eigenvalue weighted by molar-refractivity contribution is -0.120. The summed E-state index contributed by atoms with van der Waals surface area (Å²) < 4.78 is 0. The Bertz CT molecular complexity index is 453. The fourth-order valence-electron chi connectivity index (χ4n) is 0.955. The largest absolute Gasteiger partial charge is 0.272 e. The van der Waals surface area contributed by atoms with Crippen molar-refractivity contribution in [3.8, 4) is 0 Å². The second-order valence-electron chi connectivity index (χ2n) is 5.21. The minimum Gasteiger partial charge on any atom is -0.272 e. The summed E-state index contributed by atoms with van der Waals surface area (Å²) in [6, 6.07) is 1.74. The van der Waals surface area contributed by atoms with Crippen molar-refractivity contribution in [3.05, 3.63) is 18.5 Å². The molecule has 5 nitrogen and oxygen atoms in total. The van der Waals surface area contributed by atoms with E-state index in [1.807, 2.05) is 27.7 Å². The highest BCUT2D eigenvalue weighted by molar-refractivity contribution is 8.00. The minimum absolute atomic E-state index is 0.0494.